The van der Waals surface area contributed by atoms with Crippen molar-refractivity contribution in [2.75, 3.05) is 25.0 Å². The molecule has 3 rings (SSSR count). The van der Waals surface area contributed by atoms with Crippen LogP contribution >= 0.6 is 0 Å². The van der Waals surface area contributed by atoms with E-state index in [1.54, 1.807) is 0 Å². The van der Waals surface area contributed by atoms with Crippen LogP contribution in [0, 0.1) is 0 Å². The lowest BCUT2D eigenvalue weighted by Crippen LogP contribution is -2.37. The van der Waals surface area contributed by atoms with Gasteiger partial charge in [0.2, 0.25) is 0 Å². The second-order valence-corrected chi connectivity index (χ2v) is 6.44. The number of ether oxygens (including phenoxy) is 1. The number of hydrogen-bond acceptors (Lipinski definition) is 2. The van der Waals surface area contributed by atoms with Gasteiger partial charge < -0.3 is 15.0 Å². The third-order valence-corrected chi connectivity index (χ3v) is 4.65. The second kappa shape index (κ2) is 8.56. The van der Waals surface area contributed by atoms with Crippen molar-refractivity contribution in [3.63, 3.8) is 0 Å². The van der Waals surface area contributed by atoms with E-state index in [0.717, 1.165) is 43.8 Å². The highest BCUT2D eigenvalue weighted by Crippen LogP contribution is 2.27. The van der Waals surface area contributed by atoms with Gasteiger partial charge in [-0.25, -0.2) is 4.79 Å². The molecule has 0 saturated carbocycles. The van der Waals surface area contributed by atoms with Gasteiger partial charge in [0.1, 0.15) is 5.75 Å². The molecule has 132 valence electrons. The van der Waals surface area contributed by atoms with Crippen LogP contribution in [0.25, 0.3) is 0 Å². The van der Waals surface area contributed by atoms with Crippen LogP contribution in [-0.2, 0) is 0 Å². The molecule has 2 amide bonds. The van der Waals surface area contributed by atoms with E-state index in [-0.39, 0.29) is 6.03 Å². The molecule has 0 aliphatic carbocycles. The normalized spacial score (nSPS) is 17.6. The number of carbonyl (C=O) groups is 1. The minimum Gasteiger partial charge on any atom is -0.494 e. The van der Waals surface area contributed by atoms with E-state index in [4.69, 9.17) is 4.74 Å². The fraction of sp³-hybridized carbons (Fsp3) is 0.381. The summed E-state index contributed by atoms with van der Waals surface area (Å²) in [7, 11) is 0. The maximum absolute atomic E-state index is 12.7. The topological polar surface area (TPSA) is 41.6 Å². The quantitative estimate of drug-likeness (QED) is 0.862. The van der Waals surface area contributed by atoms with Crippen molar-refractivity contribution < 1.29 is 9.53 Å². The van der Waals surface area contributed by atoms with E-state index >= 15 is 0 Å². The van der Waals surface area contributed by atoms with Crippen LogP contribution in [0.15, 0.2) is 54.6 Å². The van der Waals surface area contributed by atoms with Gasteiger partial charge in [0.15, 0.2) is 0 Å². The fourth-order valence-electron chi connectivity index (χ4n) is 3.33. The minimum atomic E-state index is -0.0213. The summed E-state index contributed by atoms with van der Waals surface area (Å²) < 4.78 is 5.44. The maximum Gasteiger partial charge on any atom is 0.321 e. The summed E-state index contributed by atoms with van der Waals surface area (Å²) in [4.78, 5) is 14.6. The van der Waals surface area contributed by atoms with E-state index in [2.05, 4.69) is 29.6 Å². The highest BCUT2D eigenvalue weighted by Gasteiger charge is 2.23. The van der Waals surface area contributed by atoms with E-state index in [9.17, 15) is 4.79 Å². The summed E-state index contributed by atoms with van der Waals surface area (Å²) in [5.41, 5.74) is 2.12. The zero-order chi connectivity index (χ0) is 17.5. The Morgan fingerprint density at radius 2 is 1.88 bits per heavy atom. The number of nitrogens with one attached hydrogen (secondary N) is 1. The first kappa shape index (κ1) is 17.3. The van der Waals surface area contributed by atoms with E-state index in [0.29, 0.717) is 12.5 Å². The summed E-state index contributed by atoms with van der Waals surface area (Å²) in [6.07, 6.45) is 3.35. The molecule has 0 spiro atoms. The molecular formula is C21H26N2O2. The van der Waals surface area contributed by atoms with Crippen molar-refractivity contribution >= 4 is 11.7 Å². The van der Waals surface area contributed by atoms with Gasteiger partial charge in [-0.3, -0.25) is 0 Å². The molecular weight excluding hydrogens is 312 g/mol. The van der Waals surface area contributed by atoms with Crippen LogP contribution < -0.4 is 10.1 Å². The lowest BCUT2D eigenvalue weighted by Gasteiger charge is -2.25. The first-order chi connectivity index (χ1) is 12.3. The van der Waals surface area contributed by atoms with Crippen LogP contribution in [-0.4, -0.2) is 30.6 Å². The fourth-order valence-corrected chi connectivity index (χ4v) is 3.33. The first-order valence-electron chi connectivity index (χ1n) is 9.10. The van der Waals surface area contributed by atoms with Gasteiger partial charge in [-0.2, -0.15) is 0 Å². The number of rotatable bonds is 4. The van der Waals surface area contributed by atoms with Gasteiger partial charge in [-0.05, 0) is 49.6 Å². The molecule has 2 aromatic carbocycles. The molecule has 0 radical (unpaired) electrons. The highest BCUT2D eigenvalue weighted by molar-refractivity contribution is 5.89. The number of hydrogen-bond donors (Lipinski definition) is 1. The van der Waals surface area contributed by atoms with Gasteiger partial charge >= 0.3 is 6.03 Å². The summed E-state index contributed by atoms with van der Waals surface area (Å²) in [5, 5.41) is 3.01. The lowest BCUT2D eigenvalue weighted by atomic mass is 9.94. The summed E-state index contributed by atoms with van der Waals surface area (Å²) in [5.74, 6) is 1.23. The van der Waals surface area contributed by atoms with Crippen molar-refractivity contribution in [1.29, 1.82) is 0 Å². The molecule has 0 aromatic heterocycles. The summed E-state index contributed by atoms with van der Waals surface area (Å²) in [6, 6.07) is 18.0. The number of carbonyl (C=O) groups excluding carboxylic acids is 1. The second-order valence-electron chi connectivity index (χ2n) is 6.44. The summed E-state index contributed by atoms with van der Waals surface area (Å²) >= 11 is 0. The van der Waals surface area contributed by atoms with Crippen LogP contribution in [0.5, 0.6) is 5.75 Å². The third kappa shape index (κ3) is 4.75. The molecule has 1 fully saturated rings. The van der Waals surface area contributed by atoms with Crippen LogP contribution in [0.1, 0.15) is 37.7 Å². The Hall–Kier alpha value is -2.49. The van der Waals surface area contributed by atoms with Gasteiger partial charge in [0.25, 0.3) is 0 Å². The Labute approximate surface area is 149 Å². The molecule has 1 N–H and O–H groups in total. The van der Waals surface area contributed by atoms with Crippen molar-refractivity contribution in [3.8, 4) is 5.75 Å². The number of amides is 2. The Bertz CT molecular complexity index is 670. The molecule has 1 unspecified atom stereocenters. The number of nitrogens with zero attached hydrogens (tertiary/aromatic N) is 1. The van der Waals surface area contributed by atoms with Gasteiger partial charge in [-0.15, -0.1) is 0 Å². The number of urea groups is 1. The SMILES string of the molecule is CCOc1ccc(NC(=O)N2CCCCC(c3ccccc3)C2)cc1. The molecule has 4 nitrogen and oxygen atoms in total. The van der Waals surface area contributed by atoms with Gasteiger partial charge in [0, 0.05) is 24.7 Å². The monoisotopic (exact) mass is 338 g/mol. The third-order valence-electron chi connectivity index (χ3n) is 4.65. The zero-order valence-corrected chi connectivity index (χ0v) is 14.8. The van der Waals surface area contributed by atoms with Crippen molar-refractivity contribution in [3.05, 3.63) is 60.2 Å². The van der Waals surface area contributed by atoms with E-state index in [1.807, 2.05) is 42.2 Å². The van der Waals surface area contributed by atoms with Gasteiger partial charge in [0.05, 0.1) is 6.61 Å². The standard InChI is InChI=1S/C21H26N2O2/c1-2-25-20-13-11-19(12-14-20)22-21(24)23-15-7-6-10-18(16-23)17-8-4-3-5-9-17/h3-5,8-9,11-14,18H,2,6-7,10,15-16H2,1H3,(H,22,24). The van der Waals surface area contributed by atoms with Crippen LogP contribution in [0.3, 0.4) is 0 Å². The molecule has 1 heterocycles. The van der Waals surface area contributed by atoms with Crippen molar-refractivity contribution in [2.45, 2.75) is 32.1 Å². The average Bonchev–Trinajstić information content (AvgIpc) is 2.91. The number of likely N-dealkylation sites (tertiary alicyclic amines) is 1. The Kier molecular flexibility index (Phi) is 5.94. The lowest BCUT2D eigenvalue weighted by molar-refractivity contribution is 0.211. The summed E-state index contributed by atoms with van der Waals surface area (Å²) in [6.45, 7) is 4.18. The minimum absolute atomic E-state index is 0.0213. The number of benzene rings is 2. The zero-order valence-electron chi connectivity index (χ0n) is 14.8. The predicted molar refractivity (Wildman–Crippen MR) is 101 cm³/mol. The van der Waals surface area contributed by atoms with Gasteiger partial charge in [-0.1, -0.05) is 36.8 Å². The Morgan fingerprint density at radius 3 is 2.60 bits per heavy atom. The molecule has 1 atom stereocenters. The molecule has 0 bridgehead atoms. The maximum atomic E-state index is 12.7. The molecule has 25 heavy (non-hydrogen) atoms. The van der Waals surface area contributed by atoms with Crippen molar-refractivity contribution in [1.82, 2.24) is 4.90 Å². The highest BCUT2D eigenvalue weighted by atomic mass is 16.5. The first-order valence-corrected chi connectivity index (χ1v) is 9.10. The predicted octanol–water partition coefficient (Wildman–Crippen LogP) is 4.89. The smallest absolute Gasteiger partial charge is 0.321 e. The molecule has 1 aliphatic heterocycles. The largest absolute Gasteiger partial charge is 0.494 e. The van der Waals surface area contributed by atoms with Crippen LogP contribution in [0.4, 0.5) is 10.5 Å². The molecule has 1 saturated heterocycles. The Morgan fingerprint density at radius 1 is 1.12 bits per heavy atom. The van der Waals surface area contributed by atoms with E-state index in [1.165, 1.54) is 5.56 Å². The van der Waals surface area contributed by atoms with Crippen molar-refractivity contribution in [2.24, 2.45) is 0 Å². The molecule has 1 aliphatic rings. The average molecular weight is 338 g/mol. The molecule has 2 aromatic rings. The van der Waals surface area contributed by atoms with E-state index < -0.39 is 0 Å². The van der Waals surface area contributed by atoms with Crippen LogP contribution in [0.2, 0.25) is 0 Å². The molecule has 4 heteroatoms. The number of anilines is 1. The Balaban J connectivity index is 1.64.